The number of nitrogens with zero attached hydrogens (tertiary/aromatic N) is 2. The van der Waals surface area contributed by atoms with E-state index < -0.39 is 5.91 Å². The number of methoxy groups -OCH3 is 2. The van der Waals surface area contributed by atoms with Gasteiger partial charge in [-0.1, -0.05) is 18.2 Å². The quantitative estimate of drug-likeness (QED) is 0.750. The SMILES string of the molecule is CCn1nc(C(=O)Nc2cc(OC)c(OC)cc2C)c2ccccc2c1=O. The van der Waals surface area contributed by atoms with Crippen LogP contribution < -0.4 is 20.3 Å². The van der Waals surface area contributed by atoms with Gasteiger partial charge >= 0.3 is 0 Å². The molecule has 0 aliphatic heterocycles. The molecule has 0 unspecified atom stereocenters. The summed E-state index contributed by atoms with van der Waals surface area (Å²) >= 11 is 0. The fraction of sp³-hybridized carbons (Fsp3) is 0.250. The molecular formula is C20H21N3O4. The Kier molecular flexibility index (Phi) is 5.12. The summed E-state index contributed by atoms with van der Waals surface area (Å²) in [6.07, 6.45) is 0. The minimum absolute atomic E-state index is 0.196. The number of aryl methyl sites for hydroxylation is 2. The minimum Gasteiger partial charge on any atom is -0.493 e. The number of hydrogen-bond acceptors (Lipinski definition) is 5. The van der Waals surface area contributed by atoms with E-state index in [-0.39, 0.29) is 11.3 Å². The number of carbonyl (C=O) groups is 1. The van der Waals surface area contributed by atoms with E-state index in [9.17, 15) is 9.59 Å². The normalized spacial score (nSPS) is 10.7. The lowest BCUT2D eigenvalue weighted by Crippen LogP contribution is -2.27. The number of ether oxygens (including phenoxy) is 2. The molecule has 0 aliphatic rings. The maximum absolute atomic E-state index is 13.0. The molecule has 1 N–H and O–H groups in total. The summed E-state index contributed by atoms with van der Waals surface area (Å²) in [7, 11) is 3.09. The fourth-order valence-corrected chi connectivity index (χ4v) is 2.91. The molecular weight excluding hydrogens is 346 g/mol. The van der Waals surface area contributed by atoms with Gasteiger partial charge < -0.3 is 14.8 Å². The van der Waals surface area contributed by atoms with Crippen LogP contribution in [0.1, 0.15) is 23.0 Å². The van der Waals surface area contributed by atoms with Gasteiger partial charge in [0.05, 0.1) is 19.6 Å². The second kappa shape index (κ2) is 7.49. The van der Waals surface area contributed by atoms with Gasteiger partial charge in [-0.3, -0.25) is 9.59 Å². The Morgan fingerprint density at radius 2 is 1.74 bits per heavy atom. The van der Waals surface area contributed by atoms with Crippen molar-refractivity contribution in [3.63, 3.8) is 0 Å². The topological polar surface area (TPSA) is 82.5 Å². The Morgan fingerprint density at radius 1 is 1.11 bits per heavy atom. The van der Waals surface area contributed by atoms with Gasteiger partial charge in [-0.05, 0) is 31.5 Å². The van der Waals surface area contributed by atoms with Crippen molar-refractivity contribution >= 4 is 22.4 Å². The van der Waals surface area contributed by atoms with Crippen LogP contribution in [-0.2, 0) is 6.54 Å². The average molecular weight is 367 g/mol. The fourth-order valence-electron chi connectivity index (χ4n) is 2.91. The highest BCUT2D eigenvalue weighted by molar-refractivity contribution is 6.11. The first-order valence-electron chi connectivity index (χ1n) is 8.54. The summed E-state index contributed by atoms with van der Waals surface area (Å²) < 4.78 is 11.9. The van der Waals surface area contributed by atoms with E-state index in [1.54, 1.807) is 43.5 Å². The Hall–Kier alpha value is -3.35. The molecule has 7 nitrogen and oxygen atoms in total. The van der Waals surface area contributed by atoms with E-state index in [1.807, 2.05) is 13.8 Å². The standard InChI is InChI=1S/C20H21N3O4/c1-5-23-20(25)14-9-7-6-8-13(14)18(22-23)19(24)21-15-11-17(27-4)16(26-3)10-12(15)2/h6-11H,5H2,1-4H3,(H,21,24). The van der Waals surface area contributed by atoms with Crippen molar-refractivity contribution in [1.29, 1.82) is 0 Å². The van der Waals surface area contributed by atoms with Crippen molar-refractivity contribution < 1.29 is 14.3 Å². The Labute approximate surface area is 156 Å². The largest absolute Gasteiger partial charge is 0.493 e. The minimum atomic E-state index is -0.399. The third kappa shape index (κ3) is 3.36. The number of rotatable bonds is 5. The molecule has 0 atom stereocenters. The third-order valence-electron chi connectivity index (χ3n) is 4.36. The lowest BCUT2D eigenvalue weighted by molar-refractivity contribution is 0.102. The van der Waals surface area contributed by atoms with Crippen molar-refractivity contribution in [2.45, 2.75) is 20.4 Å². The van der Waals surface area contributed by atoms with Gasteiger partial charge in [-0.15, -0.1) is 0 Å². The molecule has 27 heavy (non-hydrogen) atoms. The van der Waals surface area contributed by atoms with Crippen LogP contribution in [0.4, 0.5) is 5.69 Å². The number of fused-ring (bicyclic) bond motifs is 1. The van der Waals surface area contributed by atoms with E-state index in [1.165, 1.54) is 11.8 Å². The zero-order valence-electron chi connectivity index (χ0n) is 15.7. The highest BCUT2D eigenvalue weighted by Gasteiger charge is 2.18. The highest BCUT2D eigenvalue weighted by atomic mass is 16.5. The number of anilines is 1. The van der Waals surface area contributed by atoms with E-state index in [0.29, 0.717) is 34.5 Å². The number of carbonyl (C=O) groups excluding carboxylic acids is 1. The first kappa shape index (κ1) is 18.4. The summed E-state index contributed by atoms with van der Waals surface area (Å²) in [5.74, 6) is 0.689. The molecule has 0 radical (unpaired) electrons. The molecule has 0 saturated heterocycles. The average Bonchev–Trinajstić information content (AvgIpc) is 2.69. The Bertz CT molecular complexity index is 1070. The second-order valence-electron chi connectivity index (χ2n) is 5.99. The molecule has 7 heteroatoms. The van der Waals surface area contributed by atoms with Crippen molar-refractivity contribution in [3.8, 4) is 11.5 Å². The van der Waals surface area contributed by atoms with E-state index >= 15 is 0 Å². The number of amides is 1. The Balaban J connectivity index is 2.08. The second-order valence-corrected chi connectivity index (χ2v) is 5.99. The zero-order valence-corrected chi connectivity index (χ0v) is 15.7. The summed E-state index contributed by atoms with van der Waals surface area (Å²) in [5, 5.41) is 8.10. The van der Waals surface area contributed by atoms with Gasteiger partial charge in [0.25, 0.3) is 11.5 Å². The van der Waals surface area contributed by atoms with Crippen molar-refractivity contribution in [2.75, 3.05) is 19.5 Å². The van der Waals surface area contributed by atoms with Crippen LogP contribution in [0.2, 0.25) is 0 Å². The van der Waals surface area contributed by atoms with Crippen molar-refractivity contribution in [2.24, 2.45) is 0 Å². The van der Waals surface area contributed by atoms with Crippen LogP contribution in [0.3, 0.4) is 0 Å². The maximum Gasteiger partial charge on any atom is 0.276 e. The smallest absolute Gasteiger partial charge is 0.276 e. The first-order chi connectivity index (χ1) is 13.0. The molecule has 0 spiro atoms. The highest BCUT2D eigenvalue weighted by Crippen LogP contribution is 2.33. The third-order valence-corrected chi connectivity index (χ3v) is 4.36. The van der Waals surface area contributed by atoms with Crippen LogP contribution in [0.5, 0.6) is 11.5 Å². The van der Waals surface area contributed by atoms with Gasteiger partial charge in [0.15, 0.2) is 17.2 Å². The molecule has 0 fully saturated rings. The van der Waals surface area contributed by atoms with Gasteiger partial charge in [-0.25, -0.2) is 4.68 Å². The molecule has 1 aromatic heterocycles. The van der Waals surface area contributed by atoms with Crippen LogP contribution in [0.25, 0.3) is 10.8 Å². The molecule has 2 aromatic carbocycles. The molecule has 3 aromatic rings. The van der Waals surface area contributed by atoms with Gasteiger partial charge in [0.2, 0.25) is 0 Å². The number of benzene rings is 2. The van der Waals surface area contributed by atoms with Crippen LogP contribution in [-0.4, -0.2) is 29.9 Å². The molecule has 0 aliphatic carbocycles. The number of hydrogen-bond donors (Lipinski definition) is 1. The van der Waals surface area contributed by atoms with Crippen LogP contribution >= 0.6 is 0 Å². The van der Waals surface area contributed by atoms with Crippen molar-refractivity contribution in [3.05, 3.63) is 58.0 Å². The first-order valence-corrected chi connectivity index (χ1v) is 8.54. The lowest BCUT2D eigenvalue weighted by atomic mass is 10.1. The molecule has 3 rings (SSSR count). The summed E-state index contributed by atoms with van der Waals surface area (Å²) in [6, 6.07) is 10.4. The van der Waals surface area contributed by atoms with Gasteiger partial charge in [0.1, 0.15) is 0 Å². The van der Waals surface area contributed by atoms with E-state index in [0.717, 1.165) is 5.56 Å². The Morgan fingerprint density at radius 3 is 2.37 bits per heavy atom. The predicted octanol–water partition coefficient (Wildman–Crippen LogP) is 2.99. The number of nitrogens with one attached hydrogen (secondary N) is 1. The summed E-state index contributed by atoms with van der Waals surface area (Å²) in [6.45, 7) is 4.04. The summed E-state index contributed by atoms with van der Waals surface area (Å²) in [4.78, 5) is 25.4. The molecule has 140 valence electrons. The molecule has 1 amide bonds. The van der Waals surface area contributed by atoms with Crippen molar-refractivity contribution in [1.82, 2.24) is 9.78 Å². The predicted molar refractivity (Wildman–Crippen MR) is 104 cm³/mol. The van der Waals surface area contributed by atoms with Crippen LogP contribution in [0.15, 0.2) is 41.2 Å². The molecule has 0 saturated carbocycles. The van der Waals surface area contributed by atoms with E-state index in [4.69, 9.17) is 9.47 Å². The van der Waals surface area contributed by atoms with Gasteiger partial charge in [0, 0.05) is 23.7 Å². The summed E-state index contributed by atoms with van der Waals surface area (Å²) in [5.41, 5.74) is 1.38. The maximum atomic E-state index is 13.0. The number of aromatic nitrogens is 2. The lowest BCUT2D eigenvalue weighted by Gasteiger charge is -2.14. The van der Waals surface area contributed by atoms with E-state index in [2.05, 4.69) is 10.4 Å². The van der Waals surface area contributed by atoms with Crippen LogP contribution in [0, 0.1) is 6.92 Å². The monoisotopic (exact) mass is 367 g/mol. The zero-order chi connectivity index (χ0) is 19.6. The molecule has 0 bridgehead atoms. The van der Waals surface area contributed by atoms with Gasteiger partial charge in [-0.2, -0.15) is 5.10 Å². The molecule has 1 heterocycles.